The van der Waals surface area contributed by atoms with Gasteiger partial charge in [0.05, 0.1) is 0 Å². The van der Waals surface area contributed by atoms with Crippen LogP contribution in [0.3, 0.4) is 0 Å². The van der Waals surface area contributed by atoms with Crippen molar-refractivity contribution < 1.29 is 9.90 Å². The molecule has 0 aromatic heterocycles. The van der Waals surface area contributed by atoms with Gasteiger partial charge >= 0.3 is 5.97 Å². The number of nitrogens with zero attached hydrogens (tertiary/aromatic N) is 1. The SMILES string of the molecule is CCC1CCCC(C(=O)O)(N2CCNCC2)C1. The molecule has 98 valence electrons. The van der Waals surface area contributed by atoms with E-state index < -0.39 is 11.5 Å². The third kappa shape index (κ3) is 2.47. The highest BCUT2D eigenvalue weighted by molar-refractivity contribution is 5.79. The number of rotatable bonds is 3. The smallest absolute Gasteiger partial charge is 0.324 e. The van der Waals surface area contributed by atoms with Crippen LogP contribution >= 0.6 is 0 Å². The maximum absolute atomic E-state index is 11.8. The molecule has 2 aliphatic rings. The molecule has 1 saturated carbocycles. The van der Waals surface area contributed by atoms with Gasteiger partial charge < -0.3 is 10.4 Å². The van der Waals surface area contributed by atoms with E-state index in [0.717, 1.165) is 51.9 Å². The molecule has 1 heterocycles. The number of carboxylic acids is 1. The van der Waals surface area contributed by atoms with Crippen molar-refractivity contribution in [3.63, 3.8) is 0 Å². The highest BCUT2D eigenvalue weighted by Crippen LogP contribution is 2.38. The largest absolute Gasteiger partial charge is 0.480 e. The molecule has 1 saturated heterocycles. The Balaban J connectivity index is 2.15. The van der Waals surface area contributed by atoms with E-state index in [0.29, 0.717) is 5.92 Å². The van der Waals surface area contributed by atoms with Crippen LogP contribution in [0.4, 0.5) is 0 Å². The molecule has 4 heteroatoms. The molecule has 2 fully saturated rings. The minimum Gasteiger partial charge on any atom is -0.480 e. The van der Waals surface area contributed by atoms with E-state index in [1.54, 1.807) is 0 Å². The molecule has 1 aliphatic carbocycles. The lowest BCUT2D eigenvalue weighted by molar-refractivity contribution is -0.156. The highest BCUT2D eigenvalue weighted by atomic mass is 16.4. The first-order valence-electron chi connectivity index (χ1n) is 6.88. The molecular formula is C13H24N2O2. The molecule has 2 atom stereocenters. The van der Waals surface area contributed by atoms with E-state index in [-0.39, 0.29) is 0 Å². The van der Waals surface area contributed by atoms with E-state index in [4.69, 9.17) is 0 Å². The van der Waals surface area contributed by atoms with Crippen LogP contribution in [0.5, 0.6) is 0 Å². The molecule has 2 rings (SSSR count). The van der Waals surface area contributed by atoms with Gasteiger partial charge in [0, 0.05) is 26.2 Å². The molecule has 0 aromatic carbocycles. The standard InChI is InChI=1S/C13H24N2O2/c1-2-11-4-3-5-13(10-11,12(16)17)15-8-6-14-7-9-15/h11,14H,2-10H2,1H3,(H,16,17). The quantitative estimate of drug-likeness (QED) is 0.781. The fraction of sp³-hybridized carbons (Fsp3) is 0.923. The Kier molecular flexibility index (Phi) is 4.05. The number of hydrogen-bond donors (Lipinski definition) is 2. The van der Waals surface area contributed by atoms with E-state index in [1.165, 1.54) is 6.42 Å². The van der Waals surface area contributed by atoms with Gasteiger partial charge in [-0.05, 0) is 18.8 Å². The zero-order chi connectivity index (χ0) is 12.3. The third-order valence-corrected chi connectivity index (χ3v) is 4.53. The lowest BCUT2D eigenvalue weighted by Crippen LogP contribution is -2.61. The molecule has 0 aromatic rings. The van der Waals surface area contributed by atoms with Crippen molar-refractivity contribution >= 4 is 5.97 Å². The summed E-state index contributed by atoms with van der Waals surface area (Å²) in [5.74, 6) is -0.00714. The second kappa shape index (κ2) is 5.36. The van der Waals surface area contributed by atoms with Gasteiger partial charge in [0.2, 0.25) is 0 Å². The predicted molar refractivity (Wildman–Crippen MR) is 67.1 cm³/mol. The van der Waals surface area contributed by atoms with Gasteiger partial charge in [0.15, 0.2) is 0 Å². The number of carbonyl (C=O) groups is 1. The summed E-state index contributed by atoms with van der Waals surface area (Å²) in [5, 5.41) is 13.0. The van der Waals surface area contributed by atoms with Crippen molar-refractivity contribution in [2.45, 2.75) is 44.6 Å². The minimum atomic E-state index is -0.599. The maximum Gasteiger partial charge on any atom is 0.324 e. The Morgan fingerprint density at radius 3 is 2.76 bits per heavy atom. The third-order valence-electron chi connectivity index (χ3n) is 4.53. The maximum atomic E-state index is 11.8. The second-order valence-corrected chi connectivity index (χ2v) is 5.44. The van der Waals surface area contributed by atoms with Gasteiger partial charge in [-0.15, -0.1) is 0 Å². The summed E-state index contributed by atoms with van der Waals surface area (Å²) in [6.45, 7) is 5.78. The predicted octanol–water partition coefficient (Wildman–Crippen LogP) is 1.32. The first-order valence-corrected chi connectivity index (χ1v) is 6.88. The van der Waals surface area contributed by atoms with Crippen LogP contribution in [0.25, 0.3) is 0 Å². The Morgan fingerprint density at radius 1 is 1.47 bits per heavy atom. The molecule has 2 unspecified atom stereocenters. The van der Waals surface area contributed by atoms with Crippen molar-refractivity contribution in [3.05, 3.63) is 0 Å². The van der Waals surface area contributed by atoms with Crippen molar-refractivity contribution in [1.82, 2.24) is 10.2 Å². The summed E-state index contributed by atoms with van der Waals surface area (Å²) in [4.78, 5) is 14.0. The second-order valence-electron chi connectivity index (χ2n) is 5.44. The van der Waals surface area contributed by atoms with Gasteiger partial charge in [0.1, 0.15) is 5.54 Å². The molecule has 0 spiro atoms. The summed E-state index contributed by atoms with van der Waals surface area (Å²) < 4.78 is 0. The van der Waals surface area contributed by atoms with Gasteiger partial charge in [-0.3, -0.25) is 9.69 Å². The fourth-order valence-electron chi connectivity index (χ4n) is 3.42. The Morgan fingerprint density at radius 2 is 2.18 bits per heavy atom. The van der Waals surface area contributed by atoms with Gasteiger partial charge in [-0.1, -0.05) is 26.2 Å². The number of carboxylic acid groups (broad SMARTS) is 1. The first kappa shape index (κ1) is 12.8. The number of nitrogens with one attached hydrogen (secondary N) is 1. The summed E-state index contributed by atoms with van der Waals surface area (Å²) >= 11 is 0. The normalized spacial score (nSPS) is 35.7. The van der Waals surface area contributed by atoms with E-state index in [2.05, 4.69) is 17.1 Å². The van der Waals surface area contributed by atoms with Crippen molar-refractivity contribution in [3.8, 4) is 0 Å². The molecule has 1 aliphatic heterocycles. The molecule has 17 heavy (non-hydrogen) atoms. The number of piperazine rings is 1. The first-order chi connectivity index (χ1) is 8.19. The molecule has 0 radical (unpaired) electrons. The molecule has 4 nitrogen and oxygen atoms in total. The van der Waals surface area contributed by atoms with Gasteiger partial charge in [-0.25, -0.2) is 0 Å². The summed E-state index contributed by atoms with van der Waals surface area (Å²) in [6, 6.07) is 0. The van der Waals surface area contributed by atoms with E-state index in [1.807, 2.05) is 0 Å². The van der Waals surface area contributed by atoms with Crippen LogP contribution in [0, 0.1) is 5.92 Å². The van der Waals surface area contributed by atoms with Crippen LogP contribution in [-0.4, -0.2) is 47.7 Å². The number of aliphatic carboxylic acids is 1. The van der Waals surface area contributed by atoms with Crippen LogP contribution in [0.1, 0.15) is 39.0 Å². The summed E-state index contributed by atoms with van der Waals surface area (Å²) in [5.41, 5.74) is -0.568. The van der Waals surface area contributed by atoms with Crippen molar-refractivity contribution in [1.29, 1.82) is 0 Å². The lowest BCUT2D eigenvalue weighted by atomic mass is 9.73. The lowest BCUT2D eigenvalue weighted by Gasteiger charge is -2.47. The van der Waals surface area contributed by atoms with E-state index in [9.17, 15) is 9.90 Å². The molecular weight excluding hydrogens is 216 g/mol. The van der Waals surface area contributed by atoms with E-state index >= 15 is 0 Å². The van der Waals surface area contributed by atoms with Crippen LogP contribution < -0.4 is 5.32 Å². The molecule has 2 N–H and O–H groups in total. The molecule has 0 amide bonds. The Bertz CT molecular complexity index is 277. The van der Waals surface area contributed by atoms with Crippen LogP contribution in [0.15, 0.2) is 0 Å². The number of hydrogen-bond acceptors (Lipinski definition) is 3. The average Bonchev–Trinajstić information content (AvgIpc) is 2.39. The van der Waals surface area contributed by atoms with Gasteiger partial charge in [0.25, 0.3) is 0 Å². The van der Waals surface area contributed by atoms with Crippen molar-refractivity contribution in [2.24, 2.45) is 5.92 Å². The highest BCUT2D eigenvalue weighted by Gasteiger charge is 2.47. The average molecular weight is 240 g/mol. The minimum absolute atomic E-state index is 0.568. The zero-order valence-corrected chi connectivity index (χ0v) is 10.7. The van der Waals surface area contributed by atoms with Crippen LogP contribution in [0.2, 0.25) is 0 Å². The fourth-order valence-corrected chi connectivity index (χ4v) is 3.42. The Labute approximate surface area is 103 Å². The van der Waals surface area contributed by atoms with Crippen molar-refractivity contribution in [2.75, 3.05) is 26.2 Å². The zero-order valence-electron chi connectivity index (χ0n) is 10.7. The monoisotopic (exact) mass is 240 g/mol. The topological polar surface area (TPSA) is 52.6 Å². The summed E-state index contributed by atoms with van der Waals surface area (Å²) in [6.07, 6.45) is 5.06. The summed E-state index contributed by atoms with van der Waals surface area (Å²) in [7, 11) is 0. The Hall–Kier alpha value is -0.610. The van der Waals surface area contributed by atoms with Gasteiger partial charge in [-0.2, -0.15) is 0 Å². The molecule has 0 bridgehead atoms. The van der Waals surface area contributed by atoms with Crippen LogP contribution in [-0.2, 0) is 4.79 Å².